The van der Waals surface area contributed by atoms with E-state index in [-0.39, 0.29) is 5.69 Å². The van der Waals surface area contributed by atoms with Crippen LogP contribution in [-0.4, -0.2) is 15.8 Å². The minimum atomic E-state index is -0.525. The van der Waals surface area contributed by atoms with Crippen LogP contribution in [0.4, 0.5) is 17.2 Å². The van der Waals surface area contributed by atoms with Crippen LogP contribution in [0.1, 0.15) is 16.1 Å². The molecule has 0 saturated carbocycles. The van der Waals surface area contributed by atoms with E-state index in [1.807, 2.05) is 0 Å². The number of nitrogens with zero attached hydrogens (tertiary/aromatic N) is 2. The summed E-state index contributed by atoms with van der Waals surface area (Å²) in [6, 6.07) is 8.78. The molecule has 0 radical (unpaired) electrons. The van der Waals surface area contributed by atoms with Gasteiger partial charge in [0.05, 0.1) is 4.92 Å². The van der Waals surface area contributed by atoms with Gasteiger partial charge in [0.2, 0.25) is 0 Å². The predicted molar refractivity (Wildman–Crippen MR) is 77.8 cm³/mol. The maximum atomic E-state index is 12.1. The second kappa shape index (κ2) is 5.97. The molecule has 8 nitrogen and oxygen atoms in total. The number of carbonyl (C=O) groups is 1. The summed E-state index contributed by atoms with van der Waals surface area (Å²) in [6.45, 7) is 1.73. The van der Waals surface area contributed by atoms with E-state index in [0.29, 0.717) is 22.8 Å². The molecule has 0 bridgehead atoms. The van der Waals surface area contributed by atoms with Crippen molar-refractivity contribution in [3.8, 4) is 0 Å². The Balaban J connectivity index is 2.23. The average Bonchev–Trinajstić information content (AvgIpc) is 2.46. The third-order valence-corrected chi connectivity index (χ3v) is 2.68. The molecule has 108 valence electrons. The molecule has 0 atom stereocenters. The molecule has 0 unspecified atom stereocenters. The molecule has 1 amide bonds. The molecule has 0 saturated heterocycles. The molecule has 4 N–H and O–H groups in total. The second-order valence-corrected chi connectivity index (χ2v) is 4.29. The lowest BCUT2D eigenvalue weighted by molar-refractivity contribution is -0.384. The third kappa shape index (κ3) is 3.51. The van der Waals surface area contributed by atoms with Crippen LogP contribution in [0.2, 0.25) is 0 Å². The molecule has 1 aromatic carbocycles. The number of aryl methyl sites for hydroxylation is 1. The van der Waals surface area contributed by atoms with Crippen molar-refractivity contribution >= 4 is 23.1 Å². The molecule has 2 aromatic rings. The molecule has 0 aliphatic rings. The summed E-state index contributed by atoms with van der Waals surface area (Å²) in [5.41, 5.74) is 3.58. The first kappa shape index (κ1) is 14.4. The lowest BCUT2D eigenvalue weighted by Crippen LogP contribution is -2.15. The van der Waals surface area contributed by atoms with Gasteiger partial charge in [-0.05, 0) is 25.1 Å². The van der Waals surface area contributed by atoms with Gasteiger partial charge >= 0.3 is 0 Å². The summed E-state index contributed by atoms with van der Waals surface area (Å²) in [4.78, 5) is 26.4. The van der Waals surface area contributed by atoms with Crippen molar-refractivity contribution in [2.45, 2.75) is 6.92 Å². The number of nitro benzene ring substituents is 1. The third-order valence-electron chi connectivity index (χ3n) is 2.68. The van der Waals surface area contributed by atoms with E-state index in [1.165, 1.54) is 24.3 Å². The number of hydrazine groups is 1. The first-order chi connectivity index (χ1) is 9.99. The van der Waals surface area contributed by atoms with Crippen LogP contribution in [-0.2, 0) is 0 Å². The minimum Gasteiger partial charge on any atom is -0.322 e. The van der Waals surface area contributed by atoms with Gasteiger partial charge in [0.15, 0.2) is 0 Å². The van der Waals surface area contributed by atoms with Gasteiger partial charge in [-0.15, -0.1) is 0 Å². The van der Waals surface area contributed by atoms with Crippen LogP contribution in [0, 0.1) is 17.0 Å². The Bertz CT molecular complexity index is 702. The first-order valence-electron chi connectivity index (χ1n) is 6.00. The summed E-state index contributed by atoms with van der Waals surface area (Å²) < 4.78 is 0. The van der Waals surface area contributed by atoms with Crippen molar-refractivity contribution < 1.29 is 9.72 Å². The maximum Gasteiger partial charge on any atom is 0.271 e. The van der Waals surface area contributed by atoms with E-state index in [4.69, 9.17) is 5.84 Å². The van der Waals surface area contributed by atoms with Gasteiger partial charge in [0.25, 0.3) is 11.6 Å². The van der Waals surface area contributed by atoms with E-state index in [1.54, 1.807) is 19.1 Å². The van der Waals surface area contributed by atoms with E-state index in [0.717, 1.165) is 0 Å². The monoisotopic (exact) mass is 287 g/mol. The number of rotatable bonds is 4. The van der Waals surface area contributed by atoms with Gasteiger partial charge in [-0.25, -0.2) is 10.8 Å². The number of hydrogen-bond acceptors (Lipinski definition) is 6. The Morgan fingerprint density at radius 2 is 2.10 bits per heavy atom. The van der Waals surface area contributed by atoms with Crippen molar-refractivity contribution in [1.29, 1.82) is 0 Å². The first-order valence-corrected chi connectivity index (χ1v) is 6.00. The van der Waals surface area contributed by atoms with Crippen molar-refractivity contribution in [3.63, 3.8) is 0 Å². The SMILES string of the molecule is Cc1cc(C(=O)Nc2cccc([N+](=O)[O-])c2)cc(NN)n1. The van der Waals surface area contributed by atoms with Gasteiger partial charge < -0.3 is 10.7 Å². The van der Waals surface area contributed by atoms with Crippen LogP contribution < -0.4 is 16.6 Å². The zero-order chi connectivity index (χ0) is 15.4. The van der Waals surface area contributed by atoms with Crippen LogP contribution >= 0.6 is 0 Å². The lowest BCUT2D eigenvalue weighted by atomic mass is 10.2. The zero-order valence-electron chi connectivity index (χ0n) is 11.2. The lowest BCUT2D eigenvalue weighted by Gasteiger charge is -2.07. The van der Waals surface area contributed by atoms with Crippen molar-refractivity contribution in [2.24, 2.45) is 5.84 Å². The zero-order valence-corrected chi connectivity index (χ0v) is 11.2. The van der Waals surface area contributed by atoms with E-state index < -0.39 is 10.8 Å². The Kier molecular flexibility index (Phi) is 4.10. The smallest absolute Gasteiger partial charge is 0.271 e. The molecular formula is C13H13N5O3. The highest BCUT2D eigenvalue weighted by Gasteiger charge is 2.11. The number of non-ortho nitro benzene ring substituents is 1. The van der Waals surface area contributed by atoms with Crippen LogP contribution in [0.25, 0.3) is 0 Å². The van der Waals surface area contributed by atoms with Gasteiger partial charge in [-0.3, -0.25) is 14.9 Å². The number of amides is 1. The molecule has 0 aliphatic carbocycles. The summed E-state index contributed by atoms with van der Waals surface area (Å²) >= 11 is 0. The van der Waals surface area contributed by atoms with Crippen molar-refractivity contribution in [2.75, 3.05) is 10.7 Å². The second-order valence-electron chi connectivity index (χ2n) is 4.29. The largest absolute Gasteiger partial charge is 0.322 e. The molecule has 1 heterocycles. The maximum absolute atomic E-state index is 12.1. The molecule has 0 fully saturated rings. The van der Waals surface area contributed by atoms with Crippen molar-refractivity contribution in [1.82, 2.24) is 4.98 Å². The fourth-order valence-electron chi connectivity index (χ4n) is 1.77. The van der Waals surface area contributed by atoms with Crippen LogP contribution in [0.15, 0.2) is 36.4 Å². The summed E-state index contributed by atoms with van der Waals surface area (Å²) in [5.74, 6) is 5.23. The molecule has 8 heteroatoms. The van der Waals surface area contributed by atoms with E-state index >= 15 is 0 Å². The number of nitrogen functional groups attached to an aromatic ring is 1. The number of nitrogens with one attached hydrogen (secondary N) is 2. The number of nitro groups is 1. The quantitative estimate of drug-likeness (QED) is 0.448. The highest BCUT2D eigenvalue weighted by Crippen LogP contribution is 2.18. The Morgan fingerprint density at radius 1 is 1.33 bits per heavy atom. The predicted octanol–water partition coefficient (Wildman–Crippen LogP) is 1.84. The molecular weight excluding hydrogens is 274 g/mol. The number of benzene rings is 1. The average molecular weight is 287 g/mol. The standard InChI is InChI=1S/C13H13N5O3/c1-8-5-9(6-12(15-8)17-14)13(19)16-10-3-2-4-11(7-10)18(20)21/h2-7H,14H2,1H3,(H,15,17)(H,16,19). The molecule has 1 aromatic heterocycles. The van der Waals surface area contributed by atoms with Gasteiger partial charge in [0, 0.05) is 29.1 Å². The fraction of sp³-hybridized carbons (Fsp3) is 0.0769. The Labute approximate surface area is 120 Å². The molecule has 2 rings (SSSR count). The topological polar surface area (TPSA) is 123 Å². The molecule has 0 aliphatic heterocycles. The number of hydrogen-bond donors (Lipinski definition) is 3. The highest BCUT2D eigenvalue weighted by atomic mass is 16.6. The number of carbonyl (C=O) groups excluding carboxylic acids is 1. The van der Waals surface area contributed by atoms with Crippen LogP contribution in [0.5, 0.6) is 0 Å². The number of nitrogens with two attached hydrogens (primary N) is 1. The van der Waals surface area contributed by atoms with Gasteiger partial charge in [-0.2, -0.15) is 0 Å². The molecule has 0 spiro atoms. The molecule has 21 heavy (non-hydrogen) atoms. The van der Waals surface area contributed by atoms with E-state index in [2.05, 4.69) is 15.7 Å². The summed E-state index contributed by atoms with van der Waals surface area (Å²) in [5, 5.41) is 13.3. The van der Waals surface area contributed by atoms with Crippen molar-refractivity contribution in [3.05, 3.63) is 57.8 Å². The van der Waals surface area contributed by atoms with Gasteiger partial charge in [0.1, 0.15) is 5.82 Å². The normalized spacial score (nSPS) is 10.0. The minimum absolute atomic E-state index is 0.0944. The number of aromatic nitrogens is 1. The Morgan fingerprint density at radius 3 is 2.76 bits per heavy atom. The van der Waals surface area contributed by atoms with Gasteiger partial charge in [-0.1, -0.05) is 6.07 Å². The van der Waals surface area contributed by atoms with Crippen LogP contribution in [0.3, 0.4) is 0 Å². The Hall–Kier alpha value is -3.00. The number of pyridine rings is 1. The summed E-state index contributed by atoms with van der Waals surface area (Å²) in [6.07, 6.45) is 0. The fourth-order valence-corrected chi connectivity index (χ4v) is 1.77. The highest BCUT2D eigenvalue weighted by molar-refractivity contribution is 6.04. The summed E-state index contributed by atoms with van der Waals surface area (Å²) in [7, 11) is 0. The number of anilines is 2. The van der Waals surface area contributed by atoms with E-state index in [9.17, 15) is 14.9 Å².